The Labute approximate surface area is 127 Å². The number of aromatic nitrogens is 2. The molecule has 0 fully saturated rings. The highest BCUT2D eigenvalue weighted by atomic mass is 35.5. The predicted octanol–water partition coefficient (Wildman–Crippen LogP) is 3.64. The monoisotopic (exact) mass is 299 g/mol. The van der Waals surface area contributed by atoms with Gasteiger partial charge in [-0.15, -0.1) is 0 Å². The third-order valence-electron chi connectivity index (χ3n) is 3.92. The molecule has 4 nitrogen and oxygen atoms in total. The van der Waals surface area contributed by atoms with Crippen LogP contribution in [0.2, 0.25) is 5.02 Å². The Bertz CT molecular complexity index is 828. The van der Waals surface area contributed by atoms with Crippen LogP contribution in [0.1, 0.15) is 18.0 Å². The molecule has 1 unspecified atom stereocenters. The maximum absolute atomic E-state index is 6.16. The van der Waals surface area contributed by atoms with Crippen molar-refractivity contribution in [3.63, 3.8) is 0 Å². The SMILES string of the molecule is Nc1nc2ccc(Cl)cc2n1C1CCOc2ccccc21. The molecule has 106 valence electrons. The fraction of sp³-hybridized carbons (Fsp3) is 0.188. The summed E-state index contributed by atoms with van der Waals surface area (Å²) in [4.78, 5) is 4.44. The van der Waals surface area contributed by atoms with Crippen LogP contribution >= 0.6 is 11.6 Å². The summed E-state index contributed by atoms with van der Waals surface area (Å²) in [6.07, 6.45) is 0.860. The Kier molecular flexibility index (Phi) is 2.79. The lowest BCUT2D eigenvalue weighted by Crippen LogP contribution is -2.21. The normalized spacial score (nSPS) is 17.5. The number of fused-ring (bicyclic) bond motifs is 2. The summed E-state index contributed by atoms with van der Waals surface area (Å²) in [5.74, 6) is 1.42. The van der Waals surface area contributed by atoms with E-state index in [1.165, 1.54) is 0 Å². The number of halogens is 1. The van der Waals surface area contributed by atoms with Crippen LogP contribution in [-0.4, -0.2) is 16.2 Å². The minimum atomic E-state index is 0.124. The molecule has 2 N–H and O–H groups in total. The highest BCUT2D eigenvalue weighted by Gasteiger charge is 2.25. The average molecular weight is 300 g/mol. The lowest BCUT2D eigenvalue weighted by molar-refractivity contribution is 0.259. The minimum absolute atomic E-state index is 0.124. The van der Waals surface area contributed by atoms with Crippen LogP contribution in [0.15, 0.2) is 42.5 Å². The van der Waals surface area contributed by atoms with Crippen LogP contribution in [0.4, 0.5) is 5.95 Å². The van der Waals surface area contributed by atoms with Gasteiger partial charge in [0.05, 0.1) is 23.7 Å². The quantitative estimate of drug-likeness (QED) is 0.746. The van der Waals surface area contributed by atoms with Gasteiger partial charge in [-0.05, 0) is 24.3 Å². The molecule has 3 aromatic rings. The Balaban J connectivity index is 1.95. The number of nitrogens with two attached hydrogens (primary N) is 1. The van der Waals surface area contributed by atoms with Gasteiger partial charge in [0.1, 0.15) is 5.75 Å². The van der Waals surface area contributed by atoms with Gasteiger partial charge in [-0.2, -0.15) is 0 Å². The first-order valence-electron chi connectivity index (χ1n) is 6.89. The van der Waals surface area contributed by atoms with Gasteiger partial charge in [0, 0.05) is 17.0 Å². The molecule has 0 bridgehead atoms. The topological polar surface area (TPSA) is 53.1 Å². The van der Waals surface area contributed by atoms with Crippen molar-refractivity contribution in [3.05, 3.63) is 53.1 Å². The second kappa shape index (κ2) is 4.67. The van der Waals surface area contributed by atoms with Crippen molar-refractivity contribution in [1.29, 1.82) is 0 Å². The number of rotatable bonds is 1. The van der Waals surface area contributed by atoms with E-state index in [4.69, 9.17) is 22.1 Å². The maximum atomic E-state index is 6.16. The van der Waals surface area contributed by atoms with E-state index in [1.54, 1.807) is 0 Å². The smallest absolute Gasteiger partial charge is 0.201 e. The molecule has 1 aliphatic rings. The maximum Gasteiger partial charge on any atom is 0.201 e. The molecule has 0 aliphatic carbocycles. The molecular weight excluding hydrogens is 286 g/mol. The zero-order valence-corrected chi connectivity index (χ0v) is 12.0. The van der Waals surface area contributed by atoms with Crippen molar-refractivity contribution in [2.75, 3.05) is 12.3 Å². The van der Waals surface area contributed by atoms with E-state index < -0.39 is 0 Å². The molecule has 1 atom stereocenters. The molecule has 0 amide bonds. The van der Waals surface area contributed by atoms with Gasteiger partial charge in [-0.25, -0.2) is 4.98 Å². The van der Waals surface area contributed by atoms with Gasteiger partial charge in [-0.3, -0.25) is 0 Å². The Hall–Kier alpha value is -2.20. The van der Waals surface area contributed by atoms with Crippen LogP contribution in [0.25, 0.3) is 11.0 Å². The van der Waals surface area contributed by atoms with Crippen molar-refractivity contribution >= 4 is 28.6 Å². The number of para-hydroxylation sites is 1. The van der Waals surface area contributed by atoms with Crippen molar-refractivity contribution in [2.24, 2.45) is 0 Å². The third kappa shape index (κ3) is 1.94. The Morgan fingerprint density at radius 2 is 2.10 bits per heavy atom. The summed E-state index contributed by atoms with van der Waals surface area (Å²) in [7, 11) is 0. The lowest BCUT2D eigenvalue weighted by atomic mass is 10.00. The average Bonchev–Trinajstić information content (AvgIpc) is 2.82. The number of ether oxygens (including phenoxy) is 1. The van der Waals surface area contributed by atoms with Crippen molar-refractivity contribution in [2.45, 2.75) is 12.5 Å². The molecule has 1 aromatic heterocycles. The van der Waals surface area contributed by atoms with Gasteiger partial charge in [-0.1, -0.05) is 29.8 Å². The fourth-order valence-electron chi connectivity index (χ4n) is 3.00. The molecule has 0 spiro atoms. The van der Waals surface area contributed by atoms with Crippen LogP contribution in [0.5, 0.6) is 5.75 Å². The summed E-state index contributed by atoms with van der Waals surface area (Å²) < 4.78 is 7.78. The molecule has 21 heavy (non-hydrogen) atoms. The Morgan fingerprint density at radius 1 is 1.24 bits per heavy atom. The molecule has 0 saturated heterocycles. The van der Waals surface area contributed by atoms with Crippen molar-refractivity contribution in [1.82, 2.24) is 9.55 Å². The van der Waals surface area contributed by atoms with Gasteiger partial charge in [0.25, 0.3) is 0 Å². The van der Waals surface area contributed by atoms with E-state index in [9.17, 15) is 0 Å². The van der Waals surface area contributed by atoms with E-state index in [2.05, 4.69) is 15.6 Å². The molecular formula is C16H14ClN3O. The standard InChI is InChI=1S/C16H14ClN3O/c17-10-5-6-12-14(9-10)20(16(18)19-12)13-7-8-21-15-4-2-1-3-11(13)15/h1-6,9,13H,7-8H2,(H2,18,19). The first-order chi connectivity index (χ1) is 10.2. The minimum Gasteiger partial charge on any atom is -0.493 e. The number of nitrogens with zero attached hydrogens (tertiary/aromatic N) is 2. The predicted molar refractivity (Wildman–Crippen MR) is 83.8 cm³/mol. The van der Waals surface area contributed by atoms with Crippen LogP contribution in [-0.2, 0) is 0 Å². The zero-order chi connectivity index (χ0) is 14.4. The molecule has 2 aromatic carbocycles. The van der Waals surface area contributed by atoms with Gasteiger partial charge in [0.15, 0.2) is 0 Å². The van der Waals surface area contributed by atoms with E-state index in [1.807, 2.05) is 36.4 Å². The number of anilines is 1. The first-order valence-corrected chi connectivity index (χ1v) is 7.26. The zero-order valence-electron chi connectivity index (χ0n) is 11.3. The molecule has 0 saturated carbocycles. The second-order valence-corrected chi connectivity index (χ2v) is 5.60. The van der Waals surface area contributed by atoms with Gasteiger partial charge >= 0.3 is 0 Å². The highest BCUT2D eigenvalue weighted by Crippen LogP contribution is 2.38. The van der Waals surface area contributed by atoms with Gasteiger partial charge in [0.2, 0.25) is 5.95 Å². The molecule has 5 heteroatoms. The first kappa shape index (κ1) is 12.5. The summed E-state index contributed by atoms with van der Waals surface area (Å²) in [5.41, 5.74) is 9.12. The number of imidazole rings is 1. The summed E-state index contributed by atoms with van der Waals surface area (Å²) in [6, 6.07) is 13.8. The van der Waals surface area contributed by atoms with Crippen molar-refractivity contribution in [3.8, 4) is 5.75 Å². The van der Waals surface area contributed by atoms with E-state index in [0.717, 1.165) is 28.8 Å². The number of benzene rings is 2. The van der Waals surface area contributed by atoms with Crippen LogP contribution in [0, 0.1) is 0 Å². The molecule has 4 rings (SSSR count). The number of hydrogen-bond acceptors (Lipinski definition) is 3. The fourth-order valence-corrected chi connectivity index (χ4v) is 3.17. The van der Waals surface area contributed by atoms with E-state index in [-0.39, 0.29) is 6.04 Å². The molecule has 2 heterocycles. The van der Waals surface area contributed by atoms with Crippen molar-refractivity contribution < 1.29 is 4.74 Å². The number of nitrogen functional groups attached to an aromatic ring is 1. The van der Waals surface area contributed by atoms with E-state index >= 15 is 0 Å². The summed E-state index contributed by atoms with van der Waals surface area (Å²) in [6.45, 7) is 0.668. The van der Waals surface area contributed by atoms with Crippen LogP contribution < -0.4 is 10.5 Å². The summed E-state index contributed by atoms with van der Waals surface area (Å²) in [5, 5.41) is 0.684. The number of hydrogen-bond donors (Lipinski definition) is 1. The van der Waals surface area contributed by atoms with Gasteiger partial charge < -0.3 is 15.0 Å². The molecule has 1 aliphatic heterocycles. The Morgan fingerprint density at radius 3 is 3.00 bits per heavy atom. The largest absolute Gasteiger partial charge is 0.493 e. The summed E-state index contributed by atoms with van der Waals surface area (Å²) >= 11 is 6.13. The van der Waals surface area contributed by atoms with Crippen LogP contribution in [0.3, 0.4) is 0 Å². The highest BCUT2D eigenvalue weighted by molar-refractivity contribution is 6.31. The lowest BCUT2D eigenvalue weighted by Gasteiger charge is -2.28. The van der Waals surface area contributed by atoms with E-state index in [0.29, 0.717) is 17.6 Å². The third-order valence-corrected chi connectivity index (χ3v) is 4.15. The second-order valence-electron chi connectivity index (χ2n) is 5.16. The molecule has 0 radical (unpaired) electrons.